The van der Waals surface area contributed by atoms with Crippen molar-refractivity contribution in [3.63, 3.8) is 0 Å². The van der Waals surface area contributed by atoms with Crippen LogP contribution in [0.5, 0.6) is 0 Å². The van der Waals surface area contributed by atoms with Crippen molar-refractivity contribution in [1.29, 1.82) is 0 Å². The van der Waals surface area contributed by atoms with Gasteiger partial charge in [0.1, 0.15) is 5.76 Å². The van der Waals surface area contributed by atoms with E-state index in [1.54, 1.807) is 18.2 Å². The lowest BCUT2D eigenvalue weighted by atomic mass is 9.93. The molecule has 2 aromatic heterocycles. The number of hydrogen-bond acceptors (Lipinski definition) is 6. The van der Waals surface area contributed by atoms with Gasteiger partial charge in [-0.15, -0.1) is 0 Å². The quantitative estimate of drug-likeness (QED) is 0.908. The monoisotopic (exact) mass is 351 g/mol. The van der Waals surface area contributed by atoms with Gasteiger partial charge in [0.25, 0.3) is 0 Å². The van der Waals surface area contributed by atoms with Crippen molar-refractivity contribution in [1.82, 2.24) is 10.1 Å². The molecule has 0 fully saturated rings. The van der Waals surface area contributed by atoms with Crippen molar-refractivity contribution >= 4 is 21.6 Å². The van der Waals surface area contributed by atoms with Crippen molar-refractivity contribution in [2.75, 3.05) is 5.32 Å². The van der Waals surface area contributed by atoms with Crippen LogP contribution in [0.1, 0.15) is 40.4 Å². The van der Waals surface area contributed by atoms with Gasteiger partial charge in [0.2, 0.25) is 15.7 Å². The molecule has 0 radical (unpaired) electrons. The molecule has 0 unspecified atom stereocenters. The zero-order valence-electron chi connectivity index (χ0n) is 14.3. The van der Waals surface area contributed by atoms with Crippen LogP contribution in [-0.4, -0.2) is 29.2 Å². The lowest BCUT2D eigenvalue weighted by molar-refractivity contribution is -0.117. The summed E-state index contributed by atoms with van der Waals surface area (Å²) >= 11 is 0. The van der Waals surface area contributed by atoms with Crippen LogP contribution in [0, 0.1) is 0 Å². The highest BCUT2D eigenvalue weighted by molar-refractivity contribution is 7.93. The molecule has 0 saturated carbocycles. The van der Waals surface area contributed by atoms with E-state index in [1.807, 2.05) is 20.8 Å². The number of nitrogens with zero attached hydrogens (tertiary/aromatic N) is 2. The maximum atomic E-state index is 12.7. The highest BCUT2D eigenvalue weighted by atomic mass is 32.2. The number of carbonyl (C=O) groups excluding carboxylic acids is 1. The molecule has 130 valence electrons. The standard InChI is InChI=1S/C16H21N3O4S/c1-15(2,3)11-10-12(19-23-11)18-14(20)16(4,5)24(21,22)13-8-6-7-9-17-13/h6-10H,1-5H3,(H,18,19,20). The SMILES string of the molecule is CC(C)(C)c1cc(NC(=O)C(C)(C)S(=O)(=O)c2ccccn2)no1. The van der Waals surface area contributed by atoms with Gasteiger partial charge in [-0.1, -0.05) is 32.0 Å². The molecule has 0 aliphatic carbocycles. The summed E-state index contributed by atoms with van der Waals surface area (Å²) in [5.41, 5.74) is -0.272. The van der Waals surface area contributed by atoms with Gasteiger partial charge >= 0.3 is 0 Å². The third kappa shape index (κ3) is 3.33. The van der Waals surface area contributed by atoms with Crippen LogP contribution in [0.4, 0.5) is 5.82 Å². The summed E-state index contributed by atoms with van der Waals surface area (Å²) < 4.78 is 28.8. The molecule has 7 nitrogen and oxygen atoms in total. The van der Waals surface area contributed by atoms with E-state index in [4.69, 9.17) is 4.52 Å². The Labute approximate surface area is 141 Å². The second kappa shape index (κ2) is 6.01. The molecule has 0 aromatic carbocycles. The van der Waals surface area contributed by atoms with Gasteiger partial charge in [0.15, 0.2) is 15.6 Å². The maximum absolute atomic E-state index is 12.7. The van der Waals surface area contributed by atoms with Gasteiger partial charge in [0, 0.05) is 17.7 Å². The van der Waals surface area contributed by atoms with Gasteiger partial charge in [-0.25, -0.2) is 13.4 Å². The fourth-order valence-corrected chi connectivity index (χ4v) is 3.12. The van der Waals surface area contributed by atoms with Gasteiger partial charge in [-0.2, -0.15) is 0 Å². The molecule has 8 heteroatoms. The summed E-state index contributed by atoms with van der Waals surface area (Å²) in [6.45, 7) is 8.48. The number of carbonyl (C=O) groups is 1. The topological polar surface area (TPSA) is 102 Å². The molecule has 0 saturated heterocycles. The smallest absolute Gasteiger partial charge is 0.246 e. The number of amides is 1. The minimum atomic E-state index is -3.96. The lowest BCUT2D eigenvalue weighted by Crippen LogP contribution is -2.44. The first kappa shape index (κ1) is 18.1. The number of hydrogen-bond donors (Lipinski definition) is 1. The Morgan fingerprint density at radius 3 is 2.33 bits per heavy atom. The van der Waals surface area contributed by atoms with E-state index in [-0.39, 0.29) is 16.3 Å². The minimum absolute atomic E-state index is 0.152. The Morgan fingerprint density at radius 2 is 1.83 bits per heavy atom. The minimum Gasteiger partial charge on any atom is -0.359 e. The van der Waals surface area contributed by atoms with E-state index < -0.39 is 20.5 Å². The Kier molecular flexibility index (Phi) is 4.54. The molecule has 0 atom stereocenters. The fraction of sp³-hybridized carbons (Fsp3) is 0.438. The molecule has 0 aliphatic rings. The largest absolute Gasteiger partial charge is 0.359 e. The molecule has 0 spiro atoms. The molecule has 24 heavy (non-hydrogen) atoms. The van der Waals surface area contributed by atoms with Crippen LogP contribution < -0.4 is 5.32 Å². The second-order valence-electron chi connectivity index (χ2n) is 6.96. The fourth-order valence-electron chi connectivity index (χ4n) is 1.84. The molecule has 0 bridgehead atoms. The summed E-state index contributed by atoms with van der Waals surface area (Å²) in [6, 6.07) is 6.11. The summed E-state index contributed by atoms with van der Waals surface area (Å²) in [4.78, 5) is 16.4. The lowest BCUT2D eigenvalue weighted by Gasteiger charge is -2.22. The van der Waals surface area contributed by atoms with Crippen molar-refractivity contribution in [2.45, 2.75) is 49.8 Å². The number of rotatable bonds is 4. The Hall–Kier alpha value is -2.22. The third-order valence-corrected chi connectivity index (χ3v) is 5.94. The normalized spacial score (nSPS) is 12.9. The highest BCUT2D eigenvalue weighted by Gasteiger charge is 2.44. The molecule has 2 rings (SSSR count). The number of pyridine rings is 1. The highest BCUT2D eigenvalue weighted by Crippen LogP contribution is 2.27. The molecule has 1 amide bonds. The van der Waals surface area contributed by atoms with Crippen molar-refractivity contribution < 1.29 is 17.7 Å². The van der Waals surface area contributed by atoms with Crippen LogP contribution in [0.3, 0.4) is 0 Å². The first-order chi connectivity index (χ1) is 11.0. The van der Waals surface area contributed by atoms with E-state index in [9.17, 15) is 13.2 Å². The Morgan fingerprint density at radius 1 is 1.17 bits per heavy atom. The van der Waals surface area contributed by atoms with Crippen molar-refractivity contribution in [3.8, 4) is 0 Å². The summed E-state index contributed by atoms with van der Waals surface area (Å²) in [6.07, 6.45) is 1.37. The molecule has 2 heterocycles. The number of aromatic nitrogens is 2. The predicted octanol–water partition coefficient (Wildman–Crippen LogP) is 2.56. The van der Waals surface area contributed by atoms with Gasteiger partial charge in [-0.05, 0) is 26.0 Å². The van der Waals surface area contributed by atoms with E-state index in [0.29, 0.717) is 5.76 Å². The van der Waals surface area contributed by atoms with Crippen LogP contribution in [0.2, 0.25) is 0 Å². The Balaban J connectivity index is 2.26. The van der Waals surface area contributed by atoms with E-state index in [2.05, 4.69) is 15.5 Å². The number of nitrogens with one attached hydrogen (secondary N) is 1. The average Bonchev–Trinajstić information content (AvgIpc) is 2.96. The molecular weight excluding hydrogens is 330 g/mol. The zero-order chi connectivity index (χ0) is 18.2. The number of sulfone groups is 1. The first-order valence-electron chi connectivity index (χ1n) is 7.40. The molecule has 0 aliphatic heterocycles. The summed E-state index contributed by atoms with van der Waals surface area (Å²) in [7, 11) is -3.96. The maximum Gasteiger partial charge on any atom is 0.246 e. The van der Waals surface area contributed by atoms with E-state index in [0.717, 1.165) is 0 Å². The first-order valence-corrected chi connectivity index (χ1v) is 8.89. The zero-order valence-corrected chi connectivity index (χ0v) is 15.1. The van der Waals surface area contributed by atoms with Gasteiger partial charge in [0.05, 0.1) is 0 Å². The van der Waals surface area contributed by atoms with Crippen LogP contribution >= 0.6 is 0 Å². The van der Waals surface area contributed by atoms with Crippen molar-refractivity contribution in [3.05, 3.63) is 36.2 Å². The van der Waals surface area contributed by atoms with Crippen LogP contribution in [0.15, 0.2) is 40.0 Å². The van der Waals surface area contributed by atoms with E-state index >= 15 is 0 Å². The van der Waals surface area contributed by atoms with Crippen LogP contribution in [0.25, 0.3) is 0 Å². The third-order valence-electron chi connectivity index (χ3n) is 3.62. The number of anilines is 1. The molecule has 1 N–H and O–H groups in total. The average molecular weight is 351 g/mol. The van der Waals surface area contributed by atoms with Crippen LogP contribution in [-0.2, 0) is 20.0 Å². The molecule has 2 aromatic rings. The summed E-state index contributed by atoms with van der Waals surface area (Å²) in [5.74, 6) is 0.0549. The van der Waals surface area contributed by atoms with Crippen molar-refractivity contribution in [2.24, 2.45) is 0 Å². The van der Waals surface area contributed by atoms with E-state index in [1.165, 1.54) is 26.1 Å². The van der Waals surface area contributed by atoms with Gasteiger partial charge < -0.3 is 9.84 Å². The Bertz CT molecular complexity index is 834. The van der Waals surface area contributed by atoms with Gasteiger partial charge in [-0.3, -0.25) is 4.79 Å². The predicted molar refractivity (Wildman–Crippen MR) is 89.3 cm³/mol. The molecular formula is C16H21N3O4S. The summed E-state index contributed by atoms with van der Waals surface area (Å²) in [5, 5.41) is 6.12. The second-order valence-corrected chi connectivity index (χ2v) is 9.41.